The van der Waals surface area contributed by atoms with Gasteiger partial charge in [0.1, 0.15) is 0 Å². The summed E-state index contributed by atoms with van der Waals surface area (Å²) in [5.41, 5.74) is 2.02. The van der Waals surface area contributed by atoms with E-state index in [0.29, 0.717) is 0 Å². The molecule has 0 bridgehead atoms. The third kappa shape index (κ3) is 4.77. The highest BCUT2D eigenvalue weighted by Crippen LogP contribution is 2.17. The molecule has 0 atom stereocenters. The molecule has 1 rings (SSSR count). The van der Waals surface area contributed by atoms with Gasteiger partial charge in [-0.2, -0.15) is 0 Å². The van der Waals surface area contributed by atoms with Crippen molar-refractivity contribution < 1.29 is 14.7 Å². The first-order chi connectivity index (χ1) is 9.86. The summed E-state index contributed by atoms with van der Waals surface area (Å²) in [5, 5.41) is 8.79. The van der Waals surface area contributed by atoms with Crippen LogP contribution in [0.5, 0.6) is 0 Å². The highest BCUT2D eigenvalue weighted by Gasteiger charge is 2.22. The van der Waals surface area contributed by atoms with Gasteiger partial charge < -0.3 is 10.0 Å². The number of nitrogens with zero attached hydrogens (tertiary/aromatic N) is 2. The molecular formula is C16H24N2O3. The van der Waals surface area contributed by atoms with Crippen LogP contribution in [0.4, 0.5) is 10.5 Å². The van der Waals surface area contributed by atoms with E-state index in [1.807, 2.05) is 38.1 Å². The number of carbonyl (C=O) groups excluding carboxylic acids is 1. The van der Waals surface area contributed by atoms with Gasteiger partial charge in [0.25, 0.3) is 0 Å². The first kappa shape index (κ1) is 17.0. The van der Waals surface area contributed by atoms with Gasteiger partial charge >= 0.3 is 12.0 Å². The van der Waals surface area contributed by atoms with Crippen LogP contribution < -0.4 is 4.90 Å². The number of carbonyl (C=O) groups is 2. The lowest BCUT2D eigenvalue weighted by molar-refractivity contribution is -0.137. The van der Waals surface area contributed by atoms with Gasteiger partial charge in [0.2, 0.25) is 0 Å². The third-order valence-corrected chi connectivity index (χ3v) is 3.45. The molecule has 116 valence electrons. The molecule has 5 heteroatoms. The van der Waals surface area contributed by atoms with E-state index in [-0.39, 0.29) is 25.0 Å². The summed E-state index contributed by atoms with van der Waals surface area (Å²) in [6, 6.07) is 7.58. The monoisotopic (exact) mass is 292 g/mol. The number of amides is 2. The van der Waals surface area contributed by atoms with Gasteiger partial charge in [0.05, 0.1) is 6.42 Å². The van der Waals surface area contributed by atoms with Crippen LogP contribution in [0.3, 0.4) is 0 Å². The van der Waals surface area contributed by atoms with E-state index in [1.165, 1.54) is 5.56 Å². The van der Waals surface area contributed by atoms with Gasteiger partial charge in [-0.3, -0.25) is 9.69 Å². The van der Waals surface area contributed by atoms with Crippen LogP contribution in [0.2, 0.25) is 0 Å². The molecule has 0 saturated carbocycles. The molecule has 1 N–H and O–H groups in total. The Kier molecular flexibility index (Phi) is 6.21. The molecule has 0 fully saturated rings. The van der Waals surface area contributed by atoms with E-state index < -0.39 is 5.97 Å². The van der Waals surface area contributed by atoms with Gasteiger partial charge in [-0.1, -0.05) is 19.1 Å². The average molecular weight is 292 g/mol. The smallest absolute Gasteiger partial charge is 0.324 e. The van der Waals surface area contributed by atoms with E-state index in [0.717, 1.165) is 12.1 Å². The number of aliphatic carboxylic acids is 1. The van der Waals surface area contributed by atoms with Crippen molar-refractivity contribution in [3.8, 4) is 0 Å². The summed E-state index contributed by atoms with van der Waals surface area (Å²) in [7, 11) is 1.71. The molecule has 1 aromatic rings. The number of hydrogen-bond donors (Lipinski definition) is 1. The van der Waals surface area contributed by atoms with Crippen molar-refractivity contribution in [3.63, 3.8) is 0 Å². The maximum Gasteiger partial charge on any atom is 0.324 e. The Balaban J connectivity index is 2.83. The second-order valence-electron chi connectivity index (χ2n) is 5.29. The van der Waals surface area contributed by atoms with E-state index in [4.69, 9.17) is 5.11 Å². The maximum atomic E-state index is 12.5. The Morgan fingerprint density at radius 2 is 1.76 bits per heavy atom. The topological polar surface area (TPSA) is 60.9 Å². The summed E-state index contributed by atoms with van der Waals surface area (Å²) in [5.74, 6) is -0.900. The number of hydrogen-bond acceptors (Lipinski definition) is 2. The molecule has 0 heterocycles. The summed E-state index contributed by atoms with van der Waals surface area (Å²) in [4.78, 5) is 26.3. The Morgan fingerprint density at radius 3 is 2.19 bits per heavy atom. The number of carboxylic acid groups (broad SMARTS) is 1. The average Bonchev–Trinajstić information content (AvgIpc) is 2.45. The Morgan fingerprint density at radius 1 is 1.19 bits per heavy atom. The number of rotatable bonds is 6. The lowest BCUT2D eigenvalue weighted by Crippen LogP contribution is -2.45. The van der Waals surface area contributed by atoms with Crippen LogP contribution in [0.1, 0.15) is 32.8 Å². The summed E-state index contributed by atoms with van der Waals surface area (Å²) >= 11 is 0. The molecule has 0 radical (unpaired) electrons. The van der Waals surface area contributed by atoms with Crippen LogP contribution in [-0.2, 0) is 11.2 Å². The zero-order valence-electron chi connectivity index (χ0n) is 13.2. The molecule has 21 heavy (non-hydrogen) atoms. The second kappa shape index (κ2) is 7.67. The fraction of sp³-hybridized carbons (Fsp3) is 0.500. The zero-order chi connectivity index (χ0) is 16.0. The first-order valence-corrected chi connectivity index (χ1v) is 7.21. The Hall–Kier alpha value is -2.04. The van der Waals surface area contributed by atoms with Crippen molar-refractivity contribution in [2.45, 2.75) is 39.7 Å². The molecule has 0 spiro atoms. The van der Waals surface area contributed by atoms with Crippen molar-refractivity contribution in [2.75, 3.05) is 18.5 Å². The lowest BCUT2D eigenvalue weighted by Gasteiger charge is -2.31. The van der Waals surface area contributed by atoms with Gasteiger partial charge in [0.15, 0.2) is 0 Å². The van der Waals surface area contributed by atoms with Crippen molar-refractivity contribution in [2.24, 2.45) is 0 Å². The highest BCUT2D eigenvalue weighted by molar-refractivity contribution is 5.91. The van der Waals surface area contributed by atoms with Crippen molar-refractivity contribution >= 4 is 17.7 Å². The minimum Gasteiger partial charge on any atom is -0.481 e. The lowest BCUT2D eigenvalue weighted by atomic mass is 10.1. The molecule has 0 unspecified atom stereocenters. The number of anilines is 1. The van der Waals surface area contributed by atoms with E-state index in [1.54, 1.807) is 16.8 Å². The zero-order valence-corrected chi connectivity index (χ0v) is 13.2. The number of benzene rings is 1. The first-order valence-electron chi connectivity index (χ1n) is 7.21. The van der Waals surface area contributed by atoms with Crippen molar-refractivity contribution in [1.82, 2.24) is 4.90 Å². The maximum absolute atomic E-state index is 12.5. The molecule has 0 aliphatic carbocycles. The molecule has 0 aromatic heterocycles. The van der Waals surface area contributed by atoms with Gasteiger partial charge in [-0.15, -0.1) is 0 Å². The second-order valence-corrected chi connectivity index (χ2v) is 5.29. The predicted octanol–water partition coefficient (Wildman–Crippen LogP) is 2.99. The van der Waals surface area contributed by atoms with E-state index in [9.17, 15) is 9.59 Å². The number of urea groups is 1. The Bertz CT molecular complexity index is 483. The van der Waals surface area contributed by atoms with Gasteiger partial charge in [0, 0.05) is 25.3 Å². The fourth-order valence-electron chi connectivity index (χ4n) is 2.05. The largest absolute Gasteiger partial charge is 0.481 e. The van der Waals surface area contributed by atoms with E-state index >= 15 is 0 Å². The standard InChI is InChI=1S/C16H24N2O3/c1-5-13-6-8-14(9-7-13)17(4)16(21)18(12(2)3)11-10-15(19)20/h6-9,12H,5,10-11H2,1-4H3,(H,19,20). The predicted molar refractivity (Wildman–Crippen MR) is 83.7 cm³/mol. The van der Waals surface area contributed by atoms with Crippen LogP contribution in [0, 0.1) is 0 Å². The third-order valence-electron chi connectivity index (χ3n) is 3.45. The van der Waals surface area contributed by atoms with E-state index in [2.05, 4.69) is 6.92 Å². The van der Waals surface area contributed by atoms with Crippen molar-refractivity contribution in [1.29, 1.82) is 0 Å². The molecule has 2 amide bonds. The Labute approximate surface area is 126 Å². The van der Waals surface area contributed by atoms with Crippen LogP contribution in [-0.4, -0.2) is 41.6 Å². The molecule has 0 saturated heterocycles. The summed E-state index contributed by atoms with van der Waals surface area (Å²) in [6.45, 7) is 6.06. The fourth-order valence-corrected chi connectivity index (χ4v) is 2.05. The summed E-state index contributed by atoms with van der Waals surface area (Å²) in [6.07, 6.45) is 0.904. The van der Waals surface area contributed by atoms with Crippen molar-refractivity contribution in [3.05, 3.63) is 29.8 Å². The normalized spacial score (nSPS) is 10.5. The molecule has 1 aromatic carbocycles. The molecule has 5 nitrogen and oxygen atoms in total. The summed E-state index contributed by atoms with van der Waals surface area (Å²) < 4.78 is 0. The van der Waals surface area contributed by atoms with Crippen LogP contribution in [0.25, 0.3) is 0 Å². The minimum atomic E-state index is -0.900. The minimum absolute atomic E-state index is 0.0470. The van der Waals surface area contributed by atoms with Crippen LogP contribution >= 0.6 is 0 Å². The number of aryl methyl sites for hydroxylation is 1. The van der Waals surface area contributed by atoms with Crippen LogP contribution in [0.15, 0.2) is 24.3 Å². The van der Waals surface area contributed by atoms with Gasteiger partial charge in [-0.05, 0) is 38.0 Å². The molecule has 0 aliphatic heterocycles. The van der Waals surface area contributed by atoms with Gasteiger partial charge in [-0.25, -0.2) is 4.79 Å². The SMILES string of the molecule is CCc1ccc(N(C)C(=O)N(CCC(=O)O)C(C)C)cc1. The highest BCUT2D eigenvalue weighted by atomic mass is 16.4. The molecule has 0 aliphatic rings. The molecular weight excluding hydrogens is 268 g/mol. The number of carboxylic acids is 1. The quantitative estimate of drug-likeness (QED) is 0.876.